The topological polar surface area (TPSA) is 49.4 Å². The van der Waals surface area contributed by atoms with Gasteiger partial charge in [0.25, 0.3) is 0 Å². The van der Waals surface area contributed by atoms with Crippen molar-refractivity contribution in [1.82, 2.24) is 9.88 Å². The third-order valence-corrected chi connectivity index (χ3v) is 2.88. The summed E-state index contributed by atoms with van der Waals surface area (Å²) in [7, 11) is 1.87. The van der Waals surface area contributed by atoms with Crippen LogP contribution in [0.4, 0.5) is 11.5 Å². The van der Waals surface area contributed by atoms with Gasteiger partial charge in [-0.25, -0.2) is 4.98 Å². The van der Waals surface area contributed by atoms with Crippen molar-refractivity contribution in [2.45, 2.75) is 0 Å². The Morgan fingerprint density at radius 1 is 1.41 bits per heavy atom. The first-order valence-corrected chi connectivity index (χ1v) is 6.06. The number of nitrogens with zero attached hydrogens (tertiary/aromatic N) is 2. The standard InChI is InChI=1S/C12H20N4O/c1-13-12-10-11(2-3-15-12)14-4-5-16-6-8-17-9-7-16/h2-3,10H,4-9H2,1H3,(H2,13,14,15). The Hall–Kier alpha value is -1.33. The van der Waals surface area contributed by atoms with Crippen LogP contribution >= 0.6 is 0 Å². The zero-order valence-corrected chi connectivity index (χ0v) is 10.3. The number of hydrogen-bond donors (Lipinski definition) is 2. The summed E-state index contributed by atoms with van der Waals surface area (Å²) in [6.07, 6.45) is 1.81. The maximum absolute atomic E-state index is 5.32. The zero-order valence-electron chi connectivity index (χ0n) is 10.3. The number of ether oxygens (including phenoxy) is 1. The van der Waals surface area contributed by atoms with Crippen LogP contribution in [0, 0.1) is 0 Å². The Balaban J connectivity index is 1.73. The van der Waals surface area contributed by atoms with Crippen molar-refractivity contribution in [3.05, 3.63) is 18.3 Å². The second-order valence-corrected chi connectivity index (χ2v) is 4.06. The predicted molar refractivity (Wildman–Crippen MR) is 69.5 cm³/mol. The third-order valence-electron chi connectivity index (χ3n) is 2.88. The molecule has 0 aliphatic carbocycles. The molecule has 0 amide bonds. The number of aromatic nitrogens is 1. The third kappa shape index (κ3) is 3.87. The van der Waals surface area contributed by atoms with Gasteiger partial charge in [0.15, 0.2) is 0 Å². The van der Waals surface area contributed by atoms with E-state index < -0.39 is 0 Å². The van der Waals surface area contributed by atoms with E-state index >= 15 is 0 Å². The number of morpholine rings is 1. The molecule has 1 aliphatic rings. The molecule has 1 fully saturated rings. The minimum absolute atomic E-state index is 0.860. The summed E-state index contributed by atoms with van der Waals surface area (Å²) in [6.45, 7) is 5.81. The Morgan fingerprint density at radius 3 is 3.00 bits per heavy atom. The molecule has 1 aromatic heterocycles. The van der Waals surface area contributed by atoms with Crippen LogP contribution in [0.25, 0.3) is 0 Å². The largest absolute Gasteiger partial charge is 0.384 e. The van der Waals surface area contributed by atoms with Crippen molar-refractivity contribution >= 4 is 11.5 Å². The zero-order chi connectivity index (χ0) is 11.9. The van der Waals surface area contributed by atoms with Gasteiger partial charge >= 0.3 is 0 Å². The highest BCUT2D eigenvalue weighted by Gasteiger charge is 2.08. The number of hydrogen-bond acceptors (Lipinski definition) is 5. The first-order chi connectivity index (χ1) is 8.38. The number of anilines is 2. The van der Waals surface area contributed by atoms with E-state index in [4.69, 9.17) is 4.74 Å². The summed E-state index contributed by atoms with van der Waals surface area (Å²) in [6, 6.07) is 4.00. The van der Waals surface area contributed by atoms with Gasteiger partial charge in [-0.1, -0.05) is 0 Å². The van der Waals surface area contributed by atoms with E-state index in [0.29, 0.717) is 0 Å². The Labute approximate surface area is 102 Å². The first kappa shape index (κ1) is 12.1. The van der Waals surface area contributed by atoms with Gasteiger partial charge in [0.2, 0.25) is 0 Å². The van der Waals surface area contributed by atoms with E-state index in [1.54, 1.807) is 0 Å². The summed E-state index contributed by atoms with van der Waals surface area (Å²) >= 11 is 0. The quantitative estimate of drug-likeness (QED) is 0.794. The van der Waals surface area contributed by atoms with Gasteiger partial charge in [-0.3, -0.25) is 4.90 Å². The smallest absolute Gasteiger partial charge is 0.127 e. The van der Waals surface area contributed by atoms with Gasteiger partial charge in [-0.2, -0.15) is 0 Å². The molecule has 2 heterocycles. The van der Waals surface area contributed by atoms with Crippen molar-refractivity contribution < 1.29 is 4.74 Å². The lowest BCUT2D eigenvalue weighted by Crippen LogP contribution is -2.39. The molecule has 1 aromatic rings. The second kappa shape index (κ2) is 6.42. The van der Waals surface area contributed by atoms with Crippen LogP contribution < -0.4 is 10.6 Å². The van der Waals surface area contributed by atoms with Crippen LogP contribution in [0.5, 0.6) is 0 Å². The molecule has 5 nitrogen and oxygen atoms in total. The fourth-order valence-corrected chi connectivity index (χ4v) is 1.86. The maximum atomic E-state index is 5.32. The normalized spacial score (nSPS) is 16.8. The summed E-state index contributed by atoms with van der Waals surface area (Å²) in [5, 5.41) is 6.43. The molecular formula is C12H20N4O. The van der Waals surface area contributed by atoms with E-state index in [1.807, 2.05) is 25.4 Å². The highest BCUT2D eigenvalue weighted by Crippen LogP contribution is 2.10. The average molecular weight is 236 g/mol. The van der Waals surface area contributed by atoms with E-state index in [2.05, 4.69) is 20.5 Å². The molecule has 5 heteroatoms. The van der Waals surface area contributed by atoms with E-state index in [-0.39, 0.29) is 0 Å². The summed E-state index contributed by atoms with van der Waals surface area (Å²) in [5.41, 5.74) is 1.11. The molecule has 2 N–H and O–H groups in total. The summed E-state index contributed by atoms with van der Waals surface area (Å²) in [5.74, 6) is 0.890. The summed E-state index contributed by atoms with van der Waals surface area (Å²) < 4.78 is 5.32. The lowest BCUT2D eigenvalue weighted by Gasteiger charge is -2.26. The molecule has 94 valence electrons. The lowest BCUT2D eigenvalue weighted by molar-refractivity contribution is 0.0398. The molecule has 0 radical (unpaired) electrons. The van der Waals surface area contributed by atoms with Gasteiger partial charge < -0.3 is 15.4 Å². The minimum Gasteiger partial charge on any atom is -0.384 e. The molecule has 1 aliphatic heterocycles. The van der Waals surface area contributed by atoms with Crippen molar-refractivity contribution in [1.29, 1.82) is 0 Å². The van der Waals surface area contributed by atoms with Gasteiger partial charge in [-0.15, -0.1) is 0 Å². The number of pyridine rings is 1. The average Bonchev–Trinajstić information content (AvgIpc) is 2.40. The second-order valence-electron chi connectivity index (χ2n) is 4.06. The molecule has 0 unspecified atom stereocenters. The monoisotopic (exact) mass is 236 g/mol. The number of nitrogens with one attached hydrogen (secondary N) is 2. The van der Waals surface area contributed by atoms with Gasteiger partial charge in [0, 0.05) is 51.2 Å². The SMILES string of the molecule is CNc1cc(NCCN2CCOCC2)ccn1. The van der Waals surface area contributed by atoms with Crippen molar-refractivity contribution in [3.63, 3.8) is 0 Å². The molecule has 17 heavy (non-hydrogen) atoms. The predicted octanol–water partition coefficient (Wildman–Crippen LogP) is 0.867. The molecule has 0 bridgehead atoms. The Morgan fingerprint density at radius 2 is 2.24 bits per heavy atom. The lowest BCUT2D eigenvalue weighted by atomic mass is 10.3. The molecule has 0 spiro atoms. The van der Waals surface area contributed by atoms with Gasteiger partial charge in [0.1, 0.15) is 5.82 Å². The van der Waals surface area contributed by atoms with Crippen molar-refractivity contribution in [2.24, 2.45) is 0 Å². The van der Waals surface area contributed by atoms with Crippen LogP contribution in [-0.2, 0) is 4.74 Å². The first-order valence-electron chi connectivity index (χ1n) is 6.06. The van der Waals surface area contributed by atoms with Crippen LogP contribution in [0.15, 0.2) is 18.3 Å². The molecule has 2 rings (SSSR count). The minimum atomic E-state index is 0.860. The van der Waals surface area contributed by atoms with E-state index in [0.717, 1.165) is 50.9 Å². The van der Waals surface area contributed by atoms with Crippen LogP contribution in [-0.4, -0.2) is 56.3 Å². The fourth-order valence-electron chi connectivity index (χ4n) is 1.86. The van der Waals surface area contributed by atoms with Crippen LogP contribution in [0.3, 0.4) is 0 Å². The highest BCUT2D eigenvalue weighted by molar-refractivity contribution is 5.51. The van der Waals surface area contributed by atoms with Gasteiger partial charge in [0.05, 0.1) is 13.2 Å². The highest BCUT2D eigenvalue weighted by atomic mass is 16.5. The molecule has 0 aromatic carbocycles. The van der Waals surface area contributed by atoms with Crippen LogP contribution in [0.1, 0.15) is 0 Å². The molecular weight excluding hydrogens is 216 g/mol. The Kier molecular flexibility index (Phi) is 4.58. The fraction of sp³-hybridized carbons (Fsp3) is 0.583. The van der Waals surface area contributed by atoms with Crippen LogP contribution in [0.2, 0.25) is 0 Å². The van der Waals surface area contributed by atoms with Crippen molar-refractivity contribution in [2.75, 3.05) is 57.1 Å². The molecule has 1 saturated heterocycles. The van der Waals surface area contributed by atoms with E-state index in [1.165, 1.54) is 0 Å². The summed E-state index contributed by atoms with van der Waals surface area (Å²) in [4.78, 5) is 6.59. The number of rotatable bonds is 5. The molecule has 0 saturated carbocycles. The van der Waals surface area contributed by atoms with Crippen molar-refractivity contribution in [3.8, 4) is 0 Å². The maximum Gasteiger partial charge on any atom is 0.127 e. The Bertz CT molecular complexity index is 339. The molecule has 0 atom stereocenters. The van der Waals surface area contributed by atoms with Gasteiger partial charge in [-0.05, 0) is 6.07 Å². The van der Waals surface area contributed by atoms with E-state index in [9.17, 15) is 0 Å².